The first-order valence-electron chi connectivity index (χ1n) is 5.32. The Morgan fingerprint density at radius 3 is 2.21 bits per heavy atom. The van der Waals surface area contributed by atoms with Gasteiger partial charge in [0, 0.05) is 0 Å². The highest BCUT2D eigenvalue weighted by molar-refractivity contribution is 7.62. The van der Waals surface area contributed by atoms with Crippen LogP contribution in [0.1, 0.15) is 13.8 Å². The van der Waals surface area contributed by atoms with Gasteiger partial charge in [0.2, 0.25) is 17.7 Å². The molecule has 0 fully saturated rings. The Morgan fingerprint density at radius 2 is 1.79 bits per heavy atom. The first-order valence-corrected chi connectivity index (χ1v) is 6.35. The van der Waals surface area contributed by atoms with Crippen molar-refractivity contribution in [1.82, 2.24) is 9.97 Å². The minimum atomic E-state index is -2.84. The van der Waals surface area contributed by atoms with Crippen molar-refractivity contribution >= 4 is 22.5 Å². The highest BCUT2D eigenvalue weighted by Gasteiger charge is 2.09. The Labute approximate surface area is 110 Å². The molecule has 0 radical (unpaired) electrons. The van der Waals surface area contributed by atoms with E-state index in [1.807, 2.05) is 0 Å². The quantitative estimate of drug-likeness (QED) is 0.853. The van der Waals surface area contributed by atoms with Gasteiger partial charge in [-0.05, 0) is 13.8 Å². The maximum Gasteiger partial charge on any atom is 0.362 e. The molecular formula is C9H12N4O5S. The Kier molecular flexibility index (Phi) is 5.67. The topological polar surface area (TPSA) is 120 Å². The van der Waals surface area contributed by atoms with Crippen molar-refractivity contribution in [3.05, 3.63) is 6.07 Å². The molecule has 2 amide bonds. The minimum absolute atomic E-state index is 0.159. The fraction of sp³-hybridized carbons (Fsp3) is 0.444. The number of nitrogens with one attached hydrogen (secondary N) is 1. The summed E-state index contributed by atoms with van der Waals surface area (Å²) >= 11 is 0. The van der Waals surface area contributed by atoms with Crippen molar-refractivity contribution in [2.24, 2.45) is 4.36 Å². The molecule has 0 spiro atoms. The van der Waals surface area contributed by atoms with E-state index in [1.165, 1.54) is 6.07 Å². The first kappa shape index (κ1) is 14.8. The Morgan fingerprint density at radius 1 is 1.26 bits per heavy atom. The normalized spacial score (nSPS) is 9.58. The summed E-state index contributed by atoms with van der Waals surface area (Å²) in [7, 11) is -2.84. The lowest BCUT2D eigenvalue weighted by atomic mass is 10.6. The molecule has 9 nitrogen and oxygen atoms in total. The zero-order chi connectivity index (χ0) is 14.3. The molecule has 0 unspecified atom stereocenters. The van der Waals surface area contributed by atoms with Crippen molar-refractivity contribution in [3.63, 3.8) is 0 Å². The standard InChI is InChI=1S/C9H12N4O5S/c1-3-17-6-5-7(18-4-2)11-8(10-6)12-9(14)13-19(15)16/h5H,3-4H2,1-2H3,(H,10,11,12,14). The van der Waals surface area contributed by atoms with Gasteiger partial charge in [0.15, 0.2) is 0 Å². The molecule has 0 saturated carbocycles. The molecule has 1 N–H and O–H groups in total. The first-order chi connectivity index (χ1) is 9.05. The molecule has 1 heterocycles. The number of nitrogens with zero attached hydrogens (tertiary/aromatic N) is 3. The summed E-state index contributed by atoms with van der Waals surface area (Å²) in [5.74, 6) is 0.229. The number of rotatable bonds is 5. The molecule has 0 aromatic carbocycles. The highest BCUT2D eigenvalue weighted by atomic mass is 32.2. The number of hydrogen-bond acceptors (Lipinski definition) is 7. The third kappa shape index (κ3) is 5.29. The number of urea groups is 1. The zero-order valence-electron chi connectivity index (χ0n) is 10.3. The maximum absolute atomic E-state index is 11.1. The van der Waals surface area contributed by atoms with Crippen LogP contribution < -0.4 is 14.8 Å². The smallest absolute Gasteiger partial charge is 0.362 e. The molecule has 1 aromatic rings. The monoisotopic (exact) mass is 288 g/mol. The number of hydrogen-bond donors (Lipinski definition) is 1. The molecule has 0 aliphatic heterocycles. The van der Waals surface area contributed by atoms with Crippen LogP contribution in [0, 0.1) is 0 Å². The van der Waals surface area contributed by atoms with Crippen LogP contribution in [0.3, 0.4) is 0 Å². The molecule has 0 aliphatic carbocycles. The van der Waals surface area contributed by atoms with E-state index in [1.54, 1.807) is 13.8 Å². The van der Waals surface area contributed by atoms with Crippen molar-refractivity contribution in [2.75, 3.05) is 18.5 Å². The van der Waals surface area contributed by atoms with E-state index >= 15 is 0 Å². The van der Waals surface area contributed by atoms with Gasteiger partial charge < -0.3 is 9.47 Å². The fourth-order valence-electron chi connectivity index (χ4n) is 1.09. The molecule has 1 aromatic heterocycles. The van der Waals surface area contributed by atoms with E-state index in [9.17, 15) is 13.2 Å². The maximum atomic E-state index is 11.1. The molecule has 19 heavy (non-hydrogen) atoms. The number of carbonyl (C=O) groups excluding carboxylic acids is 1. The number of ether oxygens (including phenoxy) is 2. The molecule has 0 saturated heterocycles. The average Bonchev–Trinajstić information content (AvgIpc) is 2.28. The van der Waals surface area contributed by atoms with Crippen LogP contribution in [0.15, 0.2) is 10.4 Å². The van der Waals surface area contributed by atoms with Gasteiger partial charge in [0.1, 0.15) is 0 Å². The van der Waals surface area contributed by atoms with Crippen molar-refractivity contribution in [3.8, 4) is 11.8 Å². The van der Waals surface area contributed by atoms with Crippen LogP contribution in [0.4, 0.5) is 10.7 Å². The number of aromatic nitrogens is 2. The van der Waals surface area contributed by atoms with Gasteiger partial charge in [-0.1, -0.05) is 4.36 Å². The predicted octanol–water partition coefficient (Wildman–Crippen LogP) is 0.869. The lowest BCUT2D eigenvalue weighted by Crippen LogP contribution is -2.11. The Bertz CT molecular complexity index is 554. The largest absolute Gasteiger partial charge is 0.478 e. The summed E-state index contributed by atoms with van der Waals surface area (Å²) in [4.78, 5) is 18.8. The van der Waals surface area contributed by atoms with Gasteiger partial charge in [-0.25, -0.2) is 4.79 Å². The second-order valence-corrected chi connectivity index (χ2v) is 3.59. The third-order valence-corrected chi connectivity index (χ3v) is 1.95. The van der Waals surface area contributed by atoms with Crippen molar-refractivity contribution < 1.29 is 22.7 Å². The van der Waals surface area contributed by atoms with E-state index < -0.39 is 16.5 Å². The molecule has 1 rings (SSSR count). The van der Waals surface area contributed by atoms with E-state index in [-0.39, 0.29) is 17.7 Å². The van der Waals surface area contributed by atoms with Crippen LogP contribution in [0.5, 0.6) is 11.8 Å². The van der Waals surface area contributed by atoms with E-state index in [2.05, 4.69) is 19.6 Å². The van der Waals surface area contributed by atoms with Gasteiger partial charge in [-0.2, -0.15) is 18.4 Å². The summed E-state index contributed by atoms with van der Waals surface area (Å²) < 4.78 is 33.5. The van der Waals surface area contributed by atoms with Crippen LogP contribution in [-0.2, 0) is 10.5 Å². The predicted molar refractivity (Wildman–Crippen MR) is 64.7 cm³/mol. The van der Waals surface area contributed by atoms with Gasteiger partial charge >= 0.3 is 16.5 Å². The van der Waals surface area contributed by atoms with E-state index in [4.69, 9.17) is 9.47 Å². The van der Waals surface area contributed by atoms with Gasteiger partial charge in [-0.3, -0.25) is 5.32 Å². The molecule has 104 valence electrons. The Balaban J connectivity index is 2.98. The van der Waals surface area contributed by atoms with Crippen LogP contribution in [0.25, 0.3) is 0 Å². The van der Waals surface area contributed by atoms with Gasteiger partial charge in [0.25, 0.3) is 0 Å². The molecule has 0 bridgehead atoms. The summed E-state index contributed by atoms with van der Waals surface area (Å²) in [6, 6.07) is 0.343. The van der Waals surface area contributed by atoms with E-state index in [0.29, 0.717) is 13.2 Å². The highest BCUT2D eigenvalue weighted by Crippen LogP contribution is 2.18. The second-order valence-electron chi connectivity index (χ2n) is 2.97. The fourth-order valence-corrected chi connectivity index (χ4v) is 1.27. The third-order valence-electron chi connectivity index (χ3n) is 1.64. The summed E-state index contributed by atoms with van der Waals surface area (Å²) in [5.41, 5.74) is 0. The van der Waals surface area contributed by atoms with Crippen LogP contribution >= 0.6 is 0 Å². The van der Waals surface area contributed by atoms with Gasteiger partial charge in [-0.15, -0.1) is 0 Å². The van der Waals surface area contributed by atoms with Crippen molar-refractivity contribution in [1.29, 1.82) is 0 Å². The lowest BCUT2D eigenvalue weighted by Gasteiger charge is -2.07. The van der Waals surface area contributed by atoms with Crippen molar-refractivity contribution in [2.45, 2.75) is 13.8 Å². The number of anilines is 1. The molecule has 10 heteroatoms. The Hall–Kier alpha value is -2.23. The summed E-state index contributed by atoms with van der Waals surface area (Å²) in [5, 5.41) is 2.09. The molecular weight excluding hydrogens is 276 g/mol. The molecule has 0 aliphatic rings. The van der Waals surface area contributed by atoms with Crippen LogP contribution in [-0.4, -0.2) is 37.6 Å². The summed E-state index contributed by atoms with van der Waals surface area (Å²) in [6.07, 6.45) is 0. The number of amides is 2. The van der Waals surface area contributed by atoms with Gasteiger partial charge in [0.05, 0.1) is 19.3 Å². The second kappa shape index (κ2) is 7.26. The lowest BCUT2D eigenvalue weighted by molar-refractivity contribution is 0.259. The molecule has 0 atom stereocenters. The SMILES string of the molecule is CCOc1cc(OCC)nc(NC(=O)N=S(=O)=O)n1. The minimum Gasteiger partial charge on any atom is -0.478 e. The number of carbonyl (C=O) groups is 1. The van der Waals surface area contributed by atoms with Crippen LogP contribution in [0.2, 0.25) is 0 Å². The van der Waals surface area contributed by atoms with E-state index in [0.717, 1.165) is 0 Å². The summed E-state index contributed by atoms with van der Waals surface area (Å²) in [6.45, 7) is 4.25. The zero-order valence-corrected chi connectivity index (χ0v) is 11.1. The average molecular weight is 288 g/mol.